The number of aliphatic carboxylic acids is 1. The fourth-order valence-electron chi connectivity index (χ4n) is 2.80. The second-order valence-electron chi connectivity index (χ2n) is 6.64. The van der Waals surface area contributed by atoms with E-state index in [9.17, 15) is 24.3 Å². The summed E-state index contributed by atoms with van der Waals surface area (Å²) in [5, 5.41) is 19.3. The Labute approximate surface area is 179 Å². The van der Waals surface area contributed by atoms with Gasteiger partial charge in [-0.05, 0) is 26.8 Å². The Kier molecular flexibility index (Phi) is 6.41. The standard InChI is InChI=1S/C17H19N5O6S2/c1-7(2)28-21-11(9-5-29-17(19-9)18-6-23)13(24)20-12-14(25)22-10(16(26)27)4-8(3)30-15(12)22/h4-8,12,15H,1-3H3,(H,20,24)(H,26,27)(H,18,19,23)/t8?,12?,15-/m0/s1. The second kappa shape index (κ2) is 8.83. The van der Waals surface area contributed by atoms with Crippen molar-refractivity contribution in [2.24, 2.45) is 5.16 Å². The predicted octanol–water partition coefficient (Wildman–Crippen LogP) is 0.597. The highest BCUT2D eigenvalue weighted by atomic mass is 32.2. The number of carbonyl (C=O) groups is 4. The number of thioether (sulfide) groups is 1. The third-order valence-electron chi connectivity index (χ3n) is 4.05. The number of fused-ring (bicyclic) bond motifs is 1. The van der Waals surface area contributed by atoms with E-state index in [4.69, 9.17) is 4.84 Å². The molecule has 30 heavy (non-hydrogen) atoms. The fraction of sp³-hybridized carbons (Fsp3) is 0.412. The SMILES string of the molecule is CC(C)ON=C(C(=O)NC1C(=O)N2C(C(=O)O)=CC(C)S[C@@H]12)c1csc(NC=O)n1. The van der Waals surface area contributed by atoms with Crippen LogP contribution in [-0.4, -0.2) is 67.7 Å². The van der Waals surface area contributed by atoms with Crippen molar-refractivity contribution in [1.29, 1.82) is 0 Å². The summed E-state index contributed by atoms with van der Waals surface area (Å²) in [5.74, 6) is -2.42. The minimum absolute atomic E-state index is 0.0946. The summed E-state index contributed by atoms with van der Waals surface area (Å²) in [6.07, 6.45) is 1.65. The first-order valence-electron chi connectivity index (χ1n) is 8.87. The van der Waals surface area contributed by atoms with Gasteiger partial charge in [-0.3, -0.25) is 19.3 Å². The highest BCUT2D eigenvalue weighted by Crippen LogP contribution is 2.40. The van der Waals surface area contributed by atoms with Gasteiger partial charge >= 0.3 is 5.97 Å². The number of β-lactam (4-membered cyclic amide) rings is 1. The number of carboxylic acids is 1. The number of nitrogens with zero attached hydrogens (tertiary/aromatic N) is 3. The van der Waals surface area contributed by atoms with Crippen molar-refractivity contribution >= 4 is 58.1 Å². The van der Waals surface area contributed by atoms with Gasteiger partial charge < -0.3 is 20.6 Å². The average molecular weight is 454 g/mol. The summed E-state index contributed by atoms with van der Waals surface area (Å²) >= 11 is 2.46. The topological polar surface area (TPSA) is 150 Å². The molecule has 0 saturated carbocycles. The summed E-state index contributed by atoms with van der Waals surface area (Å²) in [7, 11) is 0. The van der Waals surface area contributed by atoms with E-state index in [0.29, 0.717) is 6.41 Å². The van der Waals surface area contributed by atoms with Crippen LogP contribution >= 0.6 is 23.1 Å². The molecule has 2 aliphatic heterocycles. The number of aromatic nitrogens is 1. The highest BCUT2D eigenvalue weighted by Gasteiger charge is 2.54. The fourth-order valence-corrected chi connectivity index (χ4v) is 4.78. The van der Waals surface area contributed by atoms with Crippen molar-refractivity contribution in [1.82, 2.24) is 15.2 Å². The smallest absolute Gasteiger partial charge is 0.352 e. The van der Waals surface area contributed by atoms with Crippen LogP contribution in [0.5, 0.6) is 0 Å². The first-order valence-corrected chi connectivity index (χ1v) is 10.7. The Morgan fingerprint density at radius 2 is 2.17 bits per heavy atom. The zero-order valence-electron chi connectivity index (χ0n) is 16.2. The molecule has 3 N–H and O–H groups in total. The van der Waals surface area contributed by atoms with Crippen LogP contribution in [0, 0.1) is 0 Å². The van der Waals surface area contributed by atoms with Crippen molar-refractivity contribution < 1.29 is 29.1 Å². The van der Waals surface area contributed by atoms with Crippen molar-refractivity contribution in [3.63, 3.8) is 0 Å². The van der Waals surface area contributed by atoms with E-state index in [0.717, 1.165) is 16.2 Å². The minimum Gasteiger partial charge on any atom is -0.477 e. The van der Waals surface area contributed by atoms with E-state index in [2.05, 4.69) is 20.8 Å². The largest absolute Gasteiger partial charge is 0.477 e. The molecular formula is C17H19N5O6S2. The maximum atomic E-state index is 12.9. The molecule has 0 aliphatic carbocycles. The summed E-state index contributed by atoms with van der Waals surface area (Å²) in [5.41, 5.74) is -0.0854. The molecule has 3 rings (SSSR count). The monoisotopic (exact) mass is 453 g/mol. The third-order valence-corrected chi connectivity index (χ3v) is 6.15. The molecule has 2 unspecified atom stereocenters. The van der Waals surface area contributed by atoms with Crippen molar-refractivity contribution in [2.75, 3.05) is 5.32 Å². The third kappa shape index (κ3) is 4.31. The van der Waals surface area contributed by atoms with Gasteiger partial charge in [-0.25, -0.2) is 9.78 Å². The van der Waals surface area contributed by atoms with Crippen LogP contribution in [0.4, 0.5) is 5.13 Å². The molecule has 160 valence electrons. The van der Waals surface area contributed by atoms with Crippen LogP contribution in [0.1, 0.15) is 26.5 Å². The molecule has 0 spiro atoms. The van der Waals surface area contributed by atoms with Gasteiger partial charge in [0, 0.05) is 10.6 Å². The molecule has 2 aliphatic rings. The zero-order valence-corrected chi connectivity index (χ0v) is 17.8. The Hall–Kier alpha value is -2.93. The number of rotatable bonds is 8. The maximum absolute atomic E-state index is 12.9. The van der Waals surface area contributed by atoms with Gasteiger partial charge in [0.15, 0.2) is 10.8 Å². The lowest BCUT2D eigenvalue weighted by atomic mass is 10.0. The Balaban J connectivity index is 1.80. The predicted molar refractivity (Wildman–Crippen MR) is 110 cm³/mol. The van der Waals surface area contributed by atoms with Crippen LogP contribution in [0.25, 0.3) is 0 Å². The van der Waals surface area contributed by atoms with E-state index < -0.39 is 29.2 Å². The number of carbonyl (C=O) groups excluding carboxylic acids is 3. The molecule has 3 heterocycles. The minimum atomic E-state index is -1.20. The zero-order chi connectivity index (χ0) is 22.0. The normalized spacial score (nSPS) is 23.3. The molecule has 0 aromatic carbocycles. The molecule has 1 fully saturated rings. The number of thiazole rings is 1. The molecule has 0 bridgehead atoms. The summed E-state index contributed by atoms with van der Waals surface area (Å²) in [4.78, 5) is 57.9. The molecule has 11 nitrogen and oxygen atoms in total. The molecule has 13 heteroatoms. The number of anilines is 1. The number of amides is 3. The van der Waals surface area contributed by atoms with Gasteiger partial charge in [-0.2, -0.15) is 0 Å². The summed E-state index contributed by atoms with van der Waals surface area (Å²) < 4.78 is 0. The molecule has 1 saturated heterocycles. The highest BCUT2D eigenvalue weighted by molar-refractivity contribution is 8.00. The van der Waals surface area contributed by atoms with Crippen LogP contribution in [0.2, 0.25) is 0 Å². The van der Waals surface area contributed by atoms with Crippen molar-refractivity contribution in [2.45, 2.75) is 43.5 Å². The first-order chi connectivity index (χ1) is 14.2. The van der Waals surface area contributed by atoms with Crippen LogP contribution in [0.15, 0.2) is 22.3 Å². The van der Waals surface area contributed by atoms with Crippen LogP contribution < -0.4 is 10.6 Å². The van der Waals surface area contributed by atoms with E-state index >= 15 is 0 Å². The lowest BCUT2D eigenvalue weighted by Gasteiger charge is -2.49. The van der Waals surface area contributed by atoms with Gasteiger partial charge in [-0.1, -0.05) is 5.16 Å². The van der Waals surface area contributed by atoms with Gasteiger partial charge in [0.25, 0.3) is 11.8 Å². The Morgan fingerprint density at radius 1 is 1.43 bits per heavy atom. The van der Waals surface area contributed by atoms with E-state index in [1.54, 1.807) is 13.8 Å². The van der Waals surface area contributed by atoms with Crippen molar-refractivity contribution in [3.05, 3.63) is 22.8 Å². The lowest BCUT2D eigenvalue weighted by Crippen LogP contribution is -2.71. The maximum Gasteiger partial charge on any atom is 0.352 e. The quantitative estimate of drug-likeness (QED) is 0.224. The molecule has 1 aromatic heterocycles. The lowest BCUT2D eigenvalue weighted by molar-refractivity contribution is -0.150. The average Bonchev–Trinajstić information content (AvgIpc) is 3.13. The molecular weight excluding hydrogens is 434 g/mol. The van der Waals surface area contributed by atoms with Crippen molar-refractivity contribution in [3.8, 4) is 0 Å². The van der Waals surface area contributed by atoms with Gasteiger partial charge in [-0.15, -0.1) is 23.1 Å². The Bertz CT molecular complexity index is 943. The summed E-state index contributed by atoms with van der Waals surface area (Å²) in [6.45, 7) is 5.27. The summed E-state index contributed by atoms with van der Waals surface area (Å²) in [6, 6.07) is -0.913. The van der Waals surface area contributed by atoms with Gasteiger partial charge in [0.05, 0.1) is 0 Å². The second-order valence-corrected chi connectivity index (χ2v) is 9.00. The van der Waals surface area contributed by atoms with Crippen LogP contribution in [-0.2, 0) is 24.0 Å². The van der Waals surface area contributed by atoms with Crippen LogP contribution in [0.3, 0.4) is 0 Å². The van der Waals surface area contributed by atoms with E-state index in [-0.39, 0.29) is 33.6 Å². The van der Waals surface area contributed by atoms with Gasteiger partial charge in [0.2, 0.25) is 6.41 Å². The number of carboxylic acid groups (broad SMARTS) is 1. The first kappa shape index (κ1) is 21.8. The molecule has 0 radical (unpaired) electrons. The molecule has 3 atom stereocenters. The molecule has 3 amide bonds. The van der Waals surface area contributed by atoms with Gasteiger partial charge in [0.1, 0.15) is 28.9 Å². The van der Waals surface area contributed by atoms with E-state index in [1.807, 2.05) is 6.92 Å². The number of hydrogen-bond acceptors (Lipinski definition) is 9. The Morgan fingerprint density at radius 3 is 2.80 bits per heavy atom. The van der Waals surface area contributed by atoms with E-state index in [1.165, 1.54) is 23.2 Å². The number of nitrogens with one attached hydrogen (secondary N) is 2. The molecule has 1 aromatic rings. The number of oxime groups is 1. The number of hydrogen-bond donors (Lipinski definition) is 3.